The Balaban J connectivity index is 0.000000127. The lowest BCUT2D eigenvalue weighted by Gasteiger charge is -1.77. The molecule has 2 heteroatoms. The van der Waals surface area contributed by atoms with Gasteiger partial charge in [-0.3, -0.25) is 0 Å². The van der Waals surface area contributed by atoms with Gasteiger partial charge in [-0.2, -0.15) is 0 Å². The molecule has 0 aliphatic carbocycles. The highest BCUT2D eigenvalue weighted by atomic mass is 14.8. The molecule has 2 rings (SSSR count). The molecule has 1 aliphatic heterocycles. The van der Waals surface area contributed by atoms with Crippen LogP contribution in [-0.4, -0.2) is 4.98 Å². The van der Waals surface area contributed by atoms with Crippen LogP contribution in [0.2, 0.25) is 0 Å². The van der Waals surface area contributed by atoms with E-state index in [-0.39, 0.29) is 0 Å². The molecule has 0 spiro atoms. The molecule has 0 atom stereocenters. The number of hydrogen-bond donors (Lipinski definition) is 2. The van der Waals surface area contributed by atoms with Gasteiger partial charge in [-0.05, 0) is 26.0 Å². The van der Waals surface area contributed by atoms with Crippen molar-refractivity contribution in [3.05, 3.63) is 48.1 Å². The van der Waals surface area contributed by atoms with E-state index < -0.39 is 0 Å². The maximum absolute atomic E-state index is 3.14. The van der Waals surface area contributed by atoms with Gasteiger partial charge in [0.2, 0.25) is 0 Å². The average Bonchev–Trinajstić information content (AvgIpc) is 2.63. The predicted molar refractivity (Wildman–Crippen MR) is 50.4 cm³/mol. The number of H-pyrrole nitrogens is 1. The molecule has 0 saturated carbocycles. The molecule has 0 saturated heterocycles. The number of aromatic amines is 1. The van der Waals surface area contributed by atoms with Crippen LogP contribution in [0.3, 0.4) is 0 Å². The lowest BCUT2D eigenvalue weighted by Crippen LogP contribution is -1.83. The van der Waals surface area contributed by atoms with E-state index in [2.05, 4.69) is 28.6 Å². The Morgan fingerprint density at radius 2 is 1.83 bits per heavy atom. The minimum Gasteiger partial charge on any atom is -0.363 e. The van der Waals surface area contributed by atoms with Crippen LogP contribution < -0.4 is 5.32 Å². The van der Waals surface area contributed by atoms with Crippen LogP contribution in [-0.2, 0) is 0 Å². The predicted octanol–water partition coefficient (Wildman–Crippen LogP) is 2.05. The number of allylic oxidation sites excluding steroid dienone is 2. The van der Waals surface area contributed by atoms with Crippen molar-refractivity contribution in [1.82, 2.24) is 10.3 Å². The molecule has 1 aliphatic rings. The fourth-order valence-electron chi connectivity index (χ4n) is 0.885. The van der Waals surface area contributed by atoms with Crippen molar-refractivity contribution >= 4 is 0 Å². The highest BCUT2D eigenvalue weighted by Gasteiger charge is 1.83. The summed E-state index contributed by atoms with van der Waals surface area (Å²) in [5.74, 6) is 0. The van der Waals surface area contributed by atoms with E-state index in [9.17, 15) is 0 Å². The maximum atomic E-state index is 3.14. The van der Waals surface area contributed by atoms with Crippen molar-refractivity contribution in [1.29, 1.82) is 0 Å². The maximum Gasteiger partial charge on any atom is 0.152 e. The van der Waals surface area contributed by atoms with Crippen LogP contribution in [0.1, 0.15) is 11.4 Å². The quantitative estimate of drug-likeness (QED) is 0.560. The first-order valence-electron chi connectivity index (χ1n) is 3.90. The number of hydrogen-bond acceptors (Lipinski definition) is 1. The summed E-state index contributed by atoms with van der Waals surface area (Å²) >= 11 is 0. The van der Waals surface area contributed by atoms with Crippen LogP contribution in [0.15, 0.2) is 30.5 Å². The molecular formula is C10H13N2+. The number of aromatic nitrogens is 1. The van der Waals surface area contributed by atoms with E-state index in [0.29, 0.717) is 0 Å². The van der Waals surface area contributed by atoms with Crippen molar-refractivity contribution in [2.75, 3.05) is 0 Å². The second-order valence-corrected chi connectivity index (χ2v) is 2.64. The summed E-state index contributed by atoms with van der Waals surface area (Å²) in [5, 5.41) is 2.74. The van der Waals surface area contributed by atoms with Gasteiger partial charge in [0.15, 0.2) is 6.20 Å². The molecule has 0 aromatic carbocycles. The Bertz CT molecular complexity index is 255. The fourth-order valence-corrected chi connectivity index (χ4v) is 0.885. The van der Waals surface area contributed by atoms with Gasteiger partial charge in [0.1, 0.15) is 18.4 Å². The third-order valence-corrected chi connectivity index (χ3v) is 1.42. The van der Waals surface area contributed by atoms with Gasteiger partial charge < -0.3 is 4.98 Å². The van der Waals surface area contributed by atoms with E-state index in [1.165, 1.54) is 11.4 Å². The summed E-state index contributed by atoms with van der Waals surface area (Å²) in [7, 11) is 0. The van der Waals surface area contributed by atoms with Crippen LogP contribution in [0.25, 0.3) is 0 Å². The van der Waals surface area contributed by atoms with Crippen molar-refractivity contribution in [3.63, 3.8) is 0 Å². The zero-order valence-corrected chi connectivity index (χ0v) is 7.39. The summed E-state index contributed by atoms with van der Waals surface area (Å²) in [4.78, 5) is 3.14. The fraction of sp³-hybridized carbons (Fsp3) is 0.200. The molecule has 0 amide bonds. The van der Waals surface area contributed by atoms with Crippen LogP contribution in [0, 0.1) is 20.0 Å². The summed E-state index contributed by atoms with van der Waals surface area (Å²) in [6.45, 7) is 4.10. The second-order valence-electron chi connectivity index (χ2n) is 2.64. The van der Waals surface area contributed by atoms with Gasteiger partial charge in [-0.15, -0.1) is 0 Å². The topological polar surface area (TPSA) is 27.8 Å². The van der Waals surface area contributed by atoms with Gasteiger partial charge in [-0.25, -0.2) is 5.32 Å². The molecule has 0 fully saturated rings. The lowest BCUT2D eigenvalue weighted by molar-refractivity contribution is 1.19. The van der Waals surface area contributed by atoms with Crippen molar-refractivity contribution < 1.29 is 0 Å². The number of nitrogens with one attached hydrogen (secondary N) is 2. The Morgan fingerprint density at radius 3 is 2.00 bits per heavy atom. The molecule has 0 radical (unpaired) electrons. The van der Waals surface area contributed by atoms with Crippen molar-refractivity contribution in [3.8, 4) is 0 Å². The summed E-state index contributed by atoms with van der Waals surface area (Å²) in [6, 6.07) is 4.13. The molecule has 12 heavy (non-hydrogen) atoms. The van der Waals surface area contributed by atoms with Gasteiger partial charge in [0.25, 0.3) is 0 Å². The van der Waals surface area contributed by atoms with Crippen molar-refractivity contribution in [2.24, 2.45) is 0 Å². The summed E-state index contributed by atoms with van der Waals surface area (Å²) in [6.07, 6.45) is 8.26. The Kier molecular flexibility index (Phi) is 3.12. The molecule has 1 aromatic rings. The number of rotatable bonds is 0. The Hall–Kier alpha value is -1.53. The first-order valence-corrected chi connectivity index (χ1v) is 3.90. The van der Waals surface area contributed by atoms with Gasteiger partial charge in [-0.1, -0.05) is 0 Å². The molecule has 2 N–H and O–H groups in total. The minimum atomic E-state index is 1.23. The minimum absolute atomic E-state index is 1.23. The normalized spacial score (nSPS) is 11.5. The monoisotopic (exact) mass is 161 g/mol. The highest BCUT2D eigenvalue weighted by molar-refractivity contribution is 5.09. The summed E-state index contributed by atoms with van der Waals surface area (Å²) in [5.41, 5.74) is 2.47. The SMILES string of the molecule is Cc1ccc(C)[nH]1.[C+]1=CC=CN1. The summed E-state index contributed by atoms with van der Waals surface area (Å²) < 4.78 is 0. The van der Waals surface area contributed by atoms with E-state index in [1.807, 2.05) is 32.2 Å². The van der Waals surface area contributed by atoms with E-state index in [1.54, 1.807) is 0 Å². The van der Waals surface area contributed by atoms with Crippen LogP contribution in [0.4, 0.5) is 0 Å². The Labute approximate surface area is 73.0 Å². The largest absolute Gasteiger partial charge is 0.363 e. The molecule has 0 unspecified atom stereocenters. The Morgan fingerprint density at radius 1 is 1.17 bits per heavy atom. The third-order valence-electron chi connectivity index (χ3n) is 1.42. The lowest BCUT2D eigenvalue weighted by atomic mass is 10.5. The third kappa shape index (κ3) is 3.04. The molecule has 2 nitrogen and oxygen atoms in total. The molecule has 1 aromatic heterocycles. The zero-order valence-electron chi connectivity index (χ0n) is 7.39. The highest BCUT2D eigenvalue weighted by Crippen LogP contribution is 1.95. The number of aryl methyl sites for hydroxylation is 2. The molecule has 62 valence electrons. The van der Waals surface area contributed by atoms with Crippen molar-refractivity contribution in [2.45, 2.75) is 13.8 Å². The van der Waals surface area contributed by atoms with Gasteiger partial charge >= 0.3 is 0 Å². The van der Waals surface area contributed by atoms with Crippen LogP contribution in [0.5, 0.6) is 0 Å². The average molecular weight is 161 g/mol. The van der Waals surface area contributed by atoms with Gasteiger partial charge in [0.05, 0.1) is 0 Å². The molecular weight excluding hydrogens is 148 g/mol. The molecule has 0 bridgehead atoms. The van der Waals surface area contributed by atoms with Gasteiger partial charge in [0, 0.05) is 11.4 Å². The molecule has 2 heterocycles. The smallest absolute Gasteiger partial charge is 0.152 e. The zero-order chi connectivity index (χ0) is 8.81. The van der Waals surface area contributed by atoms with E-state index in [0.717, 1.165) is 0 Å². The first kappa shape index (κ1) is 8.57. The van der Waals surface area contributed by atoms with E-state index in [4.69, 9.17) is 0 Å². The van der Waals surface area contributed by atoms with Crippen LogP contribution >= 0.6 is 0 Å². The first-order chi connectivity index (χ1) is 5.79. The standard InChI is InChI=1S/C6H9N.C4H4N/c1-5-3-4-6(2)7-5;1-2-4-5-3-1/h3-4,7H,1-2H3;1-3,5H/q;+1. The van der Waals surface area contributed by atoms with E-state index >= 15 is 0 Å². The second kappa shape index (κ2) is 4.37.